The molecule has 0 aliphatic heterocycles. The van der Waals surface area contributed by atoms with Crippen molar-refractivity contribution in [3.63, 3.8) is 0 Å². The monoisotopic (exact) mass is 462 g/mol. The van der Waals surface area contributed by atoms with Crippen LogP contribution in [0.4, 0.5) is 5.00 Å². The summed E-state index contributed by atoms with van der Waals surface area (Å²) < 4.78 is 6.75. The number of ether oxygens (including phenoxy) is 1. The van der Waals surface area contributed by atoms with Gasteiger partial charge in [0, 0.05) is 27.2 Å². The van der Waals surface area contributed by atoms with Crippen molar-refractivity contribution < 1.29 is 14.3 Å². The number of esters is 1. The van der Waals surface area contributed by atoms with E-state index < -0.39 is 5.97 Å². The number of anilines is 1. The summed E-state index contributed by atoms with van der Waals surface area (Å²) >= 11 is 4.32. The van der Waals surface area contributed by atoms with Crippen LogP contribution in [-0.4, -0.2) is 39.5 Å². The molecule has 0 atom stereocenters. The molecular weight excluding hydrogens is 440 g/mol. The number of nitrogens with one attached hydrogen (secondary N) is 1. The number of rotatable bonds is 9. The van der Waals surface area contributed by atoms with Crippen LogP contribution in [0.5, 0.6) is 0 Å². The van der Waals surface area contributed by atoms with E-state index in [4.69, 9.17) is 4.74 Å². The van der Waals surface area contributed by atoms with Gasteiger partial charge in [-0.25, -0.2) is 4.79 Å². The lowest BCUT2D eigenvalue weighted by molar-refractivity contribution is -0.113. The average Bonchev–Trinajstić information content (AvgIpc) is 3.44. The van der Waals surface area contributed by atoms with Gasteiger partial charge in [0.15, 0.2) is 11.0 Å². The number of aryl methyl sites for hydroxylation is 2. The lowest BCUT2D eigenvalue weighted by Gasteiger charge is -2.07. The summed E-state index contributed by atoms with van der Waals surface area (Å²) in [5.74, 6) is 0.199. The molecule has 1 N–H and O–H groups in total. The summed E-state index contributed by atoms with van der Waals surface area (Å²) in [7, 11) is 1.33. The highest BCUT2D eigenvalue weighted by Crippen LogP contribution is 2.30. The van der Waals surface area contributed by atoms with Crippen molar-refractivity contribution in [3.8, 4) is 11.4 Å². The molecular formula is C20H22N4O3S3. The van der Waals surface area contributed by atoms with E-state index in [1.54, 1.807) is 23.5 Å². The number of carbonyl (C=O) groups is 2. The normalized spacial score (nSPS) is 10.8. The predicted octanol–water partition coefficient (Wildman–Crippen LogP) is 4.64. The number of hydrogen-bond donors (Lipinski definition) is 1. The molecule has 0 saturated heterocycles. The van der Waals surface area contributed by atoms with Crippen molar-refractivity contribution in [1.82, 2.24) is 14.8 Å². The maximum Gasteiger partial charge on any atom is 0.340 e. The maximum atomic E-state index is 12.5. The van der Waals surface area contributed by atoms with Crippen LogP contribution in [0.1, 0.15) is 27.0 Å². The molecule has 10 heteroatoms. The third-order valence-corrected chi connectivity index (χ3v) is 7.16. The Balaban J connectivity index is 1.72. The number of amides is 1. The van der Waals surface area contributed by atoms with Crippen LogP contribution in [0.2, 0.25) is 0 Å². The van der Waals surface area contributed by atoms with Gasteiger partial charge in [0.05, 0.1) is 18.4 Å². The molecule has 0 saturated carbocycles. The summed E-state index contributed by atoms with van der Waals surface area (Å²) in [6.07, 6.45) is 2.55. The first-order valence-corrected chi connectivity index (χ1v) is 11.9. The third-order valence-electron chi connectivity index (χ3n) is 4.14. The Morgan fingerprint density at radius 2 is 2.17 bits per heavy atom. The number of hydrogen-bond acceptors (Lipinski definition) is 8. The Labute approximate surface area is 187 Å². The van der Waals surface area contributed by atoms with Gasteiger partial charge in [0.25, 0.3) is 0 Å². The lowest BCUT2D eigenvalue weighted by atomic mass is 10.2. The van der Waals surface area contributed by atoms with E-state index in [2.05, 4.69) is 28.2 Å². The first kappa shape index (κ1) is 22.3. The number of aromatic nitrogens is 3. The lowest BCUT2D eigenvalue weighted by Crippen LogP contribution is -2.16. The number of thiophene rings is 2. The molecule has 0 aromatic carbocycles. The molecule has 0 unspecified atom stereocenters. The molecule has 158 valence electrons. The van der Waals surface area contributed by atoms with E-state index in [9.17, 15) is 9.59 Å². The van der Waals surface area contributed by atoms with E-state index in [0.29, 0.717) is 22.3 Å². The van der Waals surface area contributed by atoms with Gasteiger partial charge >= 0.3 is 5.97 Å². The first-order chi connectivity index (χ1) is 14.5. The number of nitrogens with zero attached hydrogens (tertiary/aromatic N) is 3. The van der Waals surface area contributed by atoms with E-state index >= 15 is 0 Å². The van der Waals surface area contributed by atoms with Crippen molar-refractivity contribution in [2.45, 2.75) is 32.0 Å². The second-order valence-corrected chi connectivity index (χ2v) is 9.48. The predicted molar refractivity (Wildman–Crippen MR) is 123 cm³/mol. The van der Waals surface area contributed by atoms with Crippen molar-refractivity contribution in [3.05, 3.63) is 45.5 Å². The Bertz CT molecular complexity index is 1070. The fourth-order valence-corrected chi connectivity index (χ4v) is 5.16. The molecule has 0 aliphatic carbocycles. The molecule has 0 spiro atoms. The summed E-state index contributed by atoms with van der Waals surface area (Å²) in [5, 5.41) is 14.6. The van der Waals surface area contributed by atoms with Crippen LogP contribution in [0.15, 0.2) is 35.3 Å². The van der Waals surface area contributed by atoms with Gasteiger partial charge in [-0.05, 0) is 25.5 Å². The van der Waals surface area contributed by atoms with E-state index in [0.717, 1.165) is 22.7 Å². The summed E-state index contributed by atoms with van der Waals surface area (Å²) in [4.78, 5) is 26.7. The van der Waals surface area contributed by atoms with Crippen molar-refractivity contribution in [2.75, 3.05) is 18.2 Å². The van der Waals surface area contributed by atoms with Crippen LogP contribution in [0.3, 0.4) is 0 Å². The minimum absolute atomic E-state index is 0.137. The van der Waals surface area contributed by atoms with Crippen LogP contribution < -0.4 is 5.32 Å². The zero-order valence-electron chi connectivity index (χ0n) is 16.9. The Morgan fingerprint density at radius 1 is 1.37 bits per heavy atom. The molecule has 3 aromatic heterocycles. The summed E-state index contributed by atoms with van der Waals surface area (Å²) in [5.41, 5.74) is 1.37. The number of methoxy groups -OCH3 is 1. The van der Waals surface area contributed by atoms with Gasteiger partial charge in [-0.2, -0.15) is 0 Å². The van der Waals surface area contributed by atoms with Gasteiger partial charge in [-0.3, -0.25) is 9.36 Å². The molecule has 3 heterocycles. The highest BCUT2D eigenvalue weighted by atomic mass is 32.2. The third kappa shape index (κ3) is 5.00. The summed E-state index contributed by atoms with van der Waals surface area (Å²) in [6, 6.07) is 3.82. The largest absolute Gasteiger partial charge is 0.465 e. The van der Waals surface area contributed by atoms with Crippen LogP contribution in [0, 0.1) is 6.92 Å². The number of thioether (sulfide) groups is 1. The highest BCUT2D eigenvalue weighted by molar-refractivity contribution is 7.99. The van der Waals surface area contributed by atoms with Crippen molar-refractivity contribution in [1.29, 1.82) is 0 Å². The molecule has 0 fully saturated rings. The molecule has 0 radical (unpaired) electrons. The topological polar surface area (TPSA) is 86.1 Å². The van der Waals surface area contributed by atoms with Gasteiger partial charge in [-0.15, -0.1) is 39.4 Å². The zero-order valence-corrected chi connectivity index (χ0v) is 19.4. The fraction of sp³-hybridized carbons (Fsp3) is 0.300. The SMILES string of the molecule is C=CCn1c(SCC(=O)Nc2sc(CC)cc2C(=O)OC)nnc1-c1csc(C)c1. The quantitative estimate of drug-likeness (QED) is 0.283. The molecule has 1 amide bonds. The second kappa shape index (κ2) is 10.1. The van der Waals surface area contributed by atoms with E-state index in [-0.39, 0.29) is 11.7 Å². The smallest absolute Gasteiger partial charge is 0.340 e. The molecule has 0 aliphatic rings. The Hall–Kier alpha value is -2.43. The minimum atomic E-state index is -0.463. The standard InChI is InChI=1S/C20H22N4O3S3/c1-5-7-24-17(13-8-12(3)28-10-13)22-23-20(24)29-11-16(25)21-18-15(19(26)27-4)9-14(6-2)30-18/h5,8-10H,1,6-7,11H2,2-4H3,(H,21,25). The zero-order chi connectivity index (χ0) is 21.7. The molecule has 7 nitrogen and oxygen atoms in total. The molecule has 3 rings (SSSR count). The van der Waals surface area contributed by atoms with Crippen LogP contribution in [0.25, 0.3) is 11.4 Å². The van der Waals surface area contributed by atoms with Crippen LogP contribution in [-0.2, 0) is 22.5 Å². The molecule has 30 heavy (non-hydrogen) atoms. The summed E-state index contributed by atoms with van der Waals surface area (Å²) in [6.45, 7) is 8.38. The van der Waals surface area contributed by atoms with Crippen LogP contribution >= 0.6 is 34.4 Å². The average molecular weight is 463 g/mol. The Kier molecular flexibility index (Phi) is 7.46. The van der Waals surface area contributed by atoms with Crippen molar-refractivity contribution in [2.24, 2.45) is 0 Å². The maximum absolute atomic E-state index is 12.5. The molecule has 0 bridgehead atoms. The van der Waals surface area contributed by atoms with Crippen molar-refractivity contribution >= 4 is 51.3 Å². The van der Waals surface area contributed by atoms with E-state index in [1.807, 2.05) is 23.8 Å². The number of carbonyl (C=O) groups excluding carboxylic acids is 2. The van der Waals surface area contributed by atoms with Gasteiger partial charge < -0.3 is 10.1 Å². The minimum Gasteiger partial charge on any atom is -0.465 e. The first-order valence-electron chi connectivity index (χ1n) is 9.20. The van der Waals surface area contributed by atoms with Gasteiger partial charge in [0.1, 0.15) is 5.00 Å². The fourth-order valence-electron chi connectivity index (χ4n) is 2.73. The number of allylic oxidation sites excluding steroid dienone is 1. The Morgan fingerprint density at radius 3 is 2.80 bits per heavy atom. The highest BCUT2D eigenvalue weighted by Gasteiger charge is 2.20. The molecule has 3 aromatic rings. The van der Waals surface area contributed by atoms with Gasteiger partial charge in [0.2, 0.25) is 5.91 Å². The second-order valence-electron chi connectivity index (χ2n) is 6.29. The van der Waals surface area contributed by atoms with E-state index in [1.165, 1.54) is 35.1 Å². The van der Waals surface area contributed by atoms with Gasteiger partial charge in [-0.1, -0.05) is 24.8 Å².